The van der Waals surface area contributed by atoms with E-state index in [1.54, 1.807) is 4.31 Å². The van der Waals surface area contributed by atoms with Crippen molar-refractivity contribution >= 4 is 32.0 Å². The molecule has 0 bridgehead atoms. The van der Waals surface area contributed by atoms with Crippen molar-refractivity contribution in [2.24, 2.45) is 5.92 Å². The third-order valence-corrected chi connectivity index (χ3v) is 10.1. The number of H-pyrrole nitrogens is 1. The Hall–Kier alpha value is -2.07. The molecule has 1 unspecified atom stereocenters. The first kappa shape index (κ1) is 23.3. The number of fused-ring (bicyclic) bond motifs is 3. The molecule has 8 nitrogen and oxygen atoms in total. The van der Waals surface area contributed by atoms with Crippen LogP contribution in [0.5, 0.6) is 0 Å². The number of hydrogen-bond donors (Lipinski definition) is 1. The Morgan fingerprint density at radius 3 is 2.60 bits per heavy atom. The molecule has 0 radical (unpaired) electrons. The van der Waals surface area contributed by atoms with Gasteiger partial charge in [-0.05, 0) is 94.2 Å². The molecule has 3 aromatic heterocycles. The lowest BCUT2D eigenvalue weighted by atomic mass is 9.87. The lowest BCUT2D eigenvalue weighted by Crippen LogP contribution is -2.47. The number of sulfonamides is 1. The first-order valence-corrected chi connectivity index (χ1v) is 14.8. The molecule has 0 saturated carbocycles. The van der Waals surface area contributed by atoms with E-state index in [2.05, 4.69) is 30.8 Å². The van der Waals surface area contributed by atoms with Crippen molar-refractivity contribution < 1.29 is 8.42 Å². The van der Waals surface area contributed by atoms with Gasteiger partial charge in [-0.3, -0.25) is 4.90 Å². The predicted molar refractivity (Wildman–Crippen MR) is 139 cm³/mol. The highest BCUT2D eigenvalue weighted by Crippen LogP contribution is 2.35. The summed E-state index contributed by atoms with van der Waals surface area (Å²) < 4.78 is 28.5. The molecule has 3 saturated heterocycles. The fraction of sp³-hybridized carbons (Fsp3) is 0.615. The fourth-order valence-corrected chi connectivity index (χ4v) is 8.20. The number of likely N-dealkylation sites (tertiary alicyclic amines) is 2. The van der Waals surface area contributed by atoms with Crippen LogP contribution >= 0.6 is 0 Å². The average molecular weight is 497 g/mol. The molecule has 3 aromatic rings. The van der Waals surface area contributed by atoms with Gasteiger partial charge in [0.15, 0.2) is 5.65 Å². The van der Waals surface area contributed by atoms with E-state index in [0.717, 1.165) is 61.9 Å². The predicted octanol–water partition coefficient (Wildman–Crippen LogP) is 3.39. The van der Waals surface area contributed by atoms with E-state index in [4.69, 9.17) is 0 Å². The highest BCUT2D eigenvalue weighted by atomic mass is 32.2. The van der Waals surface area contributed by atoms with Gasteiger partial charge in [0.05, 0.1) is 11.7 Å². The van der Waals surface area contributed by atoms with Crippen molar-refractivity contribution in [3.05, 3.63) is 36.3 Å². The molecule has 6 rings (SSSR count). The third-order valence-electron chi connectivity index (χ3n) is 8.29. The molecule has 6 heterocycles. The maximum Gasteiger partial charge on any atom is 0.227 e. The van der Waals surface area contributed by atoms with Crippen LogP contribution in [0, 0.1) is 5.92 Å². The summed E-state index contributed by atoms with van der Waals surface area (Å²) in [6.07, 6.45) is 12.3. The van der Waals surface area contributed by atoms with Crippen molar-refractivity contribution in [1.29, 1.82) is 0 Å². The van der Waals surface area contributed by atoms with Gasteiger partial charge < -0.3 is 9.88 Å². The van der Waals surface area contributed by atoms with Crippen LogP contribution in [0.1, 0.15) is 50.0 Å². The van der Waals surface area contributed by atoms with Gasteiger partial charge in [-0.1, -0.05) is 0 Å². The van der Waals surface area contributed by atoms with Crippen LogP contribution in [0.4, 0.5) is 0 Å². The number of pyridine rings is 2. The van der Waals surface area contributed by atoms with Gasteiger partial charge in [-0.25, -0.2) is 22.7 Å². The number of piperidine rings is 2. The smallest absolute Gasteiger partial charge is 0.227 e. The van der Waals surface area contributed by atoms with E-state index < -0.39 is 10.0 Å². The molecule has 1 N–H and O–H groups in total. The number of aromatic nitrogens is 3. The highest BCUT2D eigenvalue weighted by Gasteiger charge is 2.33. The summed E-state index contributed by atoms with van der Waals surface area (Å²) in [7, 11) is -3.27. The Kier molecular flexibility index (Phi) is 6.51. The Labute approximate surface area is 207 Å². The average Bonchev–Trinajstić information content (AvgIpc) is 3.56. The first-order chi connectivity index (χ1) is 17.1. The highest BCUT2D eigenvalue weighted by molar-refractivity contribution is 7.89. The molecular formula is C26H36N6O2S. The molecule has 3 fully saturated rings. The summed E-state index contributed by atoms with van der Waals surface area (Å²) in [6.45, 7) is 6.40. The van der Waals surface area contributed by atoms with E-state index in [9.17, 15) is 8.42 Å². The molecule has 0 spiro atoms. The minimum absolute atomic E-state index is 0.153. The van der Waals surface area contributed by atoms with Crippen molar-refractivity contribution in [3.8, 4) is 0 Å². The standard InChI is InChI=1S/C26H36N6O2S/c33-35(34,32-13-3-4-20(18-32)17-30-11-1-2-12-30)19-31-14-7-21(8-15-31)22-5-9-27-24-16-29-26-23(25(22)24)6-10-28-26/h5-6,9-10,16,20-21,27H,1-4,7-8,11-15,17-19H2. The van der Waals surface area contributed by atoms with Gasteiger partial charge >= 0.3 is 0 Å². The molecule has 188 valence electrons. The van der Waals surface area contributed by atoms with Gasteiger partial charge in [0.25, 0.3) is 0 Å². The van der Waals surface area contributed by atoms with Crippen molar-refractivity contribution in [3.63, 3.8) is 0 Å². The zero-order valence-corrected chi connectivity index (χ0v) is 21.2. The second-order valence-electron chi connectivity index (χ2n) is 10.7. The molecule has 1 atom stereocenters. The Morgan fingerprint density at radius 1 is 0.943 bits per heavy atom. The topological polar surface area (TPSA) is 85.4 Å². The molecule has 0 aliphatic carbocycles. The van der Waals surface area contributed by atoms with Crippen LogP contribution in [0.2, 0.25) is 0 Å². The fourth-order valence-electron chi connectivity index (χ4n) is 6.47. The number of hydrogen-bond acceptors (Lipinski definition) is 6. The largest absolute Gasteiger partial charge is 0.360 e. The summed E-state index contributed by atoms with van der Waals surface area (Å²) in [5.41, 5.74) is 3.13. The lowest BCUT2D eigenvalue weighted by Gasteiger charge is -2.37. The minimum atomic E-state index is -3.27. The molecule has 0 aromatic carbocycles. The molecular weight excluding hydrogens is 460 g/mol. The van der Waals surface area contributed by atoms with E-state index in [1.165, 1.54) is 36.9 Å². The molecule has 3 aliphatic rings. The SMILES string of the molecule is O=S(=O)(CN1CCC(c2cc[nH]c3cnc4nccc4c23)CC1)N1CCCC(CN2CCCC2)C1. The number of nitrogens with zero attached hydrogens (tertiary/aromatic N) is 5. The summed E-state index contributed by atoms with van der Waals surface area (Å²) >= 11 is 0. The quantitative estimate of drug-likeness (QED) is 0.563. The van der Waals surface area contributed by atoms with Crippen LogP contribution in [-0.4, -0.2) is 89.2 Å². The van der Waals surface area contributed by atoms with Gasteiger partial charge in [0.2, 0.25) is 10.0 Å². The van der Waals surface area contributed by atoms with Crippen LogP contribution in [0.25, 0.3) is 21.9 Å². The van der Waals surface area contributed by atoms with Crippen LogP contribution in [0.15, 0.2) is 30.7 Å². The minimum Gasteiger partial charge on any atom is -0.360 e. The van der Waals surface area contributed by atoms with Crippen LogP contribution < -0.4 is 0 Å². The number of rotatable bonds is 6. The zero-order valence-electron chi connectivity index (χ0n) is 20.4. The normalized spacial score (nSPS) is 24.1. The molecule has 0 amide bonds. The summed E-state index contributed by atoms with van der Waals surface area (Å²) in [4.78, 5) is 16.8. The first-order valence-electron chi connectivity index (χ1n) is 13.2. The lowest BCUT2D eigenvalue weighted by molar-refractivity contribution is 0.193. The van der Waals surface area contributed by atoms with Crippen molar-refractivity contribution in [2.45, 2.75) is 44.4 Å². The summed E-state index contributed by atoms with van der Waals surface area (Å²) in [5, 5.41) is 2.30. The Balaban J connectivity index is 1.10. The van der Waals surface area contributed by atoms with E-state index in [0.29, 0.717) is 24.9 Å². The van der Waals surface area contributed by atoms with Gasteiger partial charge in [0.1, 0.15) is 5.88 Å². The number of aromatic amines is 1. The third kappa shape index (κ3) is 4.83. The van der Waals surface area contributed by atoms with Gasteiger partial charge in [0, 0.05) is 42.8 Å². The van der Waals surface area contributed by atoms with Crippen LogP contribution in [0.3, 0.4) is 0 Å². The summed E-state index contributed by atoms with van der Waals surface area (Å²) in [6, 6.07) is 4.22. The zero-order chi connectivity index (χ0) is 23.8. The van der Waals surface area contributed by atoms with E-state index in [-0.39, 0.29) is 5.88 Å². The molecule has 3 aliphatic heterocycles. The Bertz CT molecular complexity index is 1280. The second-order valence-corrected chi connectivity index (χ2v) is 12.6. The molecule has 9 heteroatoms. The second kappa shape index (κ2) is 9.76. The van der Waals surface area contributed by atoms with Gasteiger partial charge in [-0.2, -0.15) is 0 Å². The van der Waals surface area contributed by atoms with Crippen molar-refractivity contribution in [1.82, 2.24) is 29.1 Å². The molecule has 35 heavy (non-hydrogen) atoms. The van der Waals surface area contributed by atoms with Crippen LogP contribution in [-0.2, 0) is 10.0 Å². The maximum absolute atomic E-state index is 13.3. The Morgan fingerprint density at radius 2 is 1.77 bits per heavy atom. The van der Waals surface area contributed by atoms with Crippen molar-refractivity contribution in [2.75, 3.05) is 51.7 Å². The maximum atomic E-state index is 13.3. The van der Waals surface area contributed by atoms with Gasteiger partial charge in [-0.15, -0.1) is 0 Å². The van der Waals surface area contributed by atoms with E-state index in [1.807, 2.05) is 24.7 Å². The summed E-state index contributed by atoms with van der Waals surface area (Å²) in [5.74, 6) is 1.04. The monoisotopic (exact) mass is 496 g/mol. The van der Waals surface area contributed by atoms with E-state index >= 15 is 0 Å². The number of nitrogens with one attached hydrogen (secondary N) is 1.